The molecule has 0 aliphatic heterocycles. The number of rotatable bonds is 3. The summed E-state index contributed by atoms with van der Waals surface area (Å²) >= 11 is 0. The molecule has 0 aromatic rings. The van der Waals surface area contributed by atoms with E-state index in [9.17, 15) is 4.79 Å². The maximum Gasteiger partial charge on any atom is 0.335 e. The topological polar surface area (TPSA) is 74.6 Å². The predicted octanol–water partition coefficient (Wildman–Crippen LogP) is 1.85. The lowest BCUT2D eigenvalue weighted by molar-refractivity contribution is -0.134. The fourth-order valence-corrected chi connectivity index (χ4v) is 0.427. The van der Waals surface area contributed by atoms with Crippen LogP contribution in [0.5, 0.6) is 0 Å². The van der Waals surface area contributed by atoms with Crippen molar-refractivity contribution >= 4 is 11.9 Å². The van der Waals surface area contributed by atoms with Gasteiger partial charge in [-0.2, -0.15) is 0 Å². The van der Waals surface area contributed by atoms with Crippen LogP contribution in [0.4, 0.5) is 0 Å². The number of aliphatic carboxylic acids is 2. The zero-order valence-corrected chi connectivity index (χ0v) is 8.23. The molecule has 0 rings (SSSR count). The first-order chi connectivity index (χ1) is 6.45. The van der Waals surface area contributed by atoms with Crippen LogP contribution < -0.4 is 0 Å². The summed E-state index contributed by atoms with van der Waals surface area (Å²) in [4.78, 5) is 19.3. The van der Waals surface area contributed by atoms with Gasteiger partial charge in [0.15, 0.2) is 0 Å². The highest BCUT2D eigenvalue weighted by Gasteiger charge is 1.97. The number of allylic oxidation sites excluding steroid dienone is 3. The summed E-state index contributed by atoms with van der Waals surface area (Å²) in [5.41, 5.74) is 0.207. The summed E-state index contributed by atoms with van der Waals surface area (Å²) in [6.07, 6.45) is 6.22. The minimum atomic E-state index is -0.951. The summed E-state index contributed by atoms with van der Waals surface area (Å²) in [5, 5.41) is 15.8. The fraction of sp³-hybridized carbons (Fsp3) is 0.200. The lowest BCUT2D eigenvalue weighted by Crippen LogP contribution is -1.95. The quantitative estimate of drug-likeness (QED) is 0.536. The van der Waals surface area contributed by atoms with Crippen molar-refractivity contribution in [2.45, 2.75) is 13.8 Å². The largest absolute Gasteiger partial charge is 0.481 e. The van der Waals surface area contributed by atoms with Gasteiger partial charge in [-0.25, -0.2) is 4.79 Å². The molecular weight excluding hydrogens is 184 g/mol. The minimum Gasteiger partial charge on any atom is -0.481 e. The molecule has 0 saturated heterocycles. The van der Waals surface area contributed by atoms with E-state index in [1.54, 1.807) is 12.2 Å². The van der Waals surface area contributed by atoms with Crippen LogP contribution in [0.15, 0.2) is 36.5 Å². The molecule has 0 heterocycles. The molecule has 14 heavy (non-hydrogen) atoms. The van der Waals surface area contributed by atoms with Crippen molar-refractivity contribution in [3.05, 3.63) is 36.5 Å². The zero-order chi connectivity index (χ0) is 11.6. The molecule has 4 heteroatoms. The SMILES string of the molecule is C=CC(=CC=CC)C(=O)O.CC(=O)O. The van der Waals surface area contributed by atoms with E-state index in [1.165, 1.54) is 12.2 Å². The molecule has 0 fully saturated rings. The van der Waals surface area contributed by atoms with Gasteiger partial charge in [0.05, 0.1) is 5.57 Å². The molecular formula is C10H14O4. The Morgan fingerprint density at radius 1 is 1.29 bits per heavy atom. The number of carboxylic acid groups (broad SMARTS) is 2. The molecule has 0 aromatic heterocycles. The average molecular weight is 198 g/mol. The molecule has 0 saturated carbocycles. The maximum atomic E-state index is 10.3. The molecule has 0 aliphatic carbocycles. The normalized spacial score (nSPS) is 10.3. The average Bonchev–Trinajstić information content (AvgIpc) is 2.04. The van der Waals surface area contributed by atoms with Gasteiger partial charge in [-0.05, 0) is 13.0 Å². The van der Waals surface area contributed by atoms with Crippen molar-refractivity contribution in [1.29, 1.82) is 0 Å². The Morgan fingerprint density at radius 3 is 1.93 bits per heavy atom. The molecule has 0 amide bonds. The maximum absolute atomic E-state index is 10.3. The second-order valence-corrected chi connectivity index (χ2v) is 2.18. The van der Waals surface area contributed by atoms with Crippen LogP contribution in [0.2, 0.25) is 0 Å². The van der Waals surface area contributed by atoms with E-state index in [2.05, 4.69) is 6.58 Å². The van der Waals surface area contributed by atoms with Crippen LogP contribution in [0.1, 0.15) is 13.8 Å². The molecule has 4 nitrogen and oxygen atoms in total. The van der Waals surface area contributed by atoms with E-state index >= 15 is 0 Å². The van der Waals surface area contributed by atoms with Crippen molar-refractivity contribution in [3.63, 3.8) is 0 Å². The van der Waals surface area contributed by atoms with Crippen molar-refractivity contribution in [2.24, 2.45) is 0 Å². The highest BCUT2D eigenvalue weighted by atomic mass is 16.4. The van der Waals surface area contributed by atoms with E-state index in [4.69, 9.17) is 15.0 Å². The monoisotopic (exact) mass is 198 g/mol. The van der Waals surface area contributed by atoms with Crippen LogP contribution >= 0.6 is 0 Å². The lowest BCUT2D eigenvalue weighted by atomic mass is 10.2. The van der Waals surface area contributed by atoms with Gasteiger partial charge >= 0.3 is 5.97 Å². The third kappa shape index (κ3) is 12.8. The predicted molar refractivity (Wildman–Crippen MR) is 54.0 cm³/mol. The first-order valence-electron chi connectivity index (χ1n) is 3.84. The van der Waals surface area contributed by atoms with Gasteiger partial charge < -0.3 is 10.2 Å². The van der Waals surface area contributed by atoms with Crippen LogP contribution in [-0.4, -0.2) is 22.2 Å². The van der Waals surface area contributed by atoms with Crippen LogP contribution in [0.25, 0.3) is 0 Å². The second-order valence-electron chi connectivity index (χ2n) is 2.18. The Labute approximate surface area is 82.9 Å². The summed E-state index contributed by atoms with van der Waals surface area (Å²) < 4.78 is 0. The molecule has 0 aromatic carbocycles. The van der Waals surface area contributed by atoms with E-state index in [1.807, 2.05) is 6.92 Å². The van der Waals surface area contributed by atoms with Gasteiger partial charge in [-0.1, -0.05) is 24.8 Å². The molecule has 0 radical (unpaired) electrons. The molecule has 0 aliphatic rings. The second kappa shape index (κ2) is 9.25. The Bertz CT molecular complexity index is 257. The third-order valence-corrected chi connectivity index (χ3v) is 0.935. The van der Waals surface area contributed by atoms with Gasteiger partial charge in [0.2, 0.25) is 0 Å². The fourth-order valence-electron chi connectivity index (χ4n) is 0.427. The standard InChI is InChI=1S/C8H10O2.C2H4O2/c1-3-5-6-7(4-2)8(9)10;1-2(3)4/h3-6H,2H2,1H3,(H,9,10);1H3,(H,3,4). The lowest BCUT2D eigenvalue weighted by Gasteiger charge is -1.88. The smallest absolute Gasteiger partial charge is 0.335 e. The Kier molecular flexibility index (Phi) is 9.69. The van der Waals surface area contributed by atoms with Crippen molar-refractivity contribution in [3.8, 4) is 0 Å². The number of carbonyl (C=O) groups is 2. The van der Waals surface area contributed by atoms with Gasteiger partial charge in [-0.15, -0.1) is 0 Å². The molecule has 2 N–H and O–H groups in total. The highest BCUT2D eigenvalue weighted by Crippen LogP contribution is 1.95. The Balaban J connectivity index is 0. The van der Waals surface area contributed by atoms with Gasteiger partial charge in [0, 0.05) is 6.92 Å². The van der Waals surface area contributed by atoms with Crippen molar-refractivity contribution < 1.29 is 19.8 Å². The Hall–Kier alpha value is -1.84. The zero-order valence-electron chi connectivity index (χ0n) is 8.23. The first-order valence-corrected chi connectivity index (χ1v) is 3.84. The molecule has 0 spiro atoms. The first kappa shape index (κ1) is 14.7. The third-order valence-electron chi connectivity index (χ3n) is 0.935. The molecule has 78 valence electrons. The summed E-state index contributed by atoms with van der Waals surface area (Å²) in [6, 6.07) is 0. The minimum absolute atomic E-state index is 0.207. The molecule has 0 unspecified atom stereocenters. The van der Waals surface area contributed by atoms with Crippen LogP contribution in [0.3, 0.4) is 0 Å². The van der Waals surface area contributed by atoms with Crippen molar-refractivity contribution in [1.82, 2.24) is 0 Å². The van der Waals surface area contributed by atoms with E-state index in [0.29, 0.717) is 0 Å². The molecule has 0 atom stereocenters. The Morgan fingerprint density at radius 2 is 1.71 bits per heavy atom. The summed E-state index contributed by atoms with van der Waals surface area (Å²) in [7, 11) is 0. The van der Waals surface area contributed by atoms with Gasteiger partial charge in [-0.3, -0.25) is 4.79 Å². The summed E-state index contributed by atoms with van der Waals surface area (Å²) in [6.45, 7) is 6.25. The number of hydrogen-bond donors (Lipinski definition) is 2. The molecule has 0 bridgehead atoms. The van der Waals surface area contributed by atoms with Gasteiger partial charge in [0.25, 0.3) is 5.97 Å². The summed E-state index contributed by atoms with van der Waals surface area (Å²) in [5.74, 6) is -1.78. The van der Waals surface area contributed by atoms with Crippen LogP contribution in [-0.2, 0) is 9.59 Å². The highest BCUT2D eigenvalue weighted by molar-refractivity contribution is 5.89. The van der Waals surface area contributed by atoms with E-state index < -0.39 is 11.9 Å². The van der Waals surface area contributed by atoms with E-state index in [-0.39, 0.29) is 5.57 Å². The van der Waals surface area contributed by atoms with Crippen LogP contribution in [0, 0.1) is 0 Å². The van der Waals surface area contributed by atoms with Gasteiger partial charge in [0.1, 0.15) is 0 Å². The number of hydrogen-bond acceptors (Lipinski definition) is 2. The van der Waals surface area contributed by atoms with E-state index in [0.717, 1.165) is 6.92 Å². The number of carboxylic acids is 2. The van der Waals surface area contributed by atoms with Crippen molar-refractivity contribution in [2.75, 3.05) is 0 Å².